The van der Waals surface area contributed by atoms with Crippen LogP contribution in [0.3, 0.4) is 0 Å². The van der Waals surface area contributed by atoms with Gasteiger partial charge in [0, 0.05) is 16.4 Å². The molecule has 0 saturated heterocycles. The molecule has 0 spiro atoms. The lowest BCUT2D eigenvalue weighted by Crippen LogP contribution is -2.26. The van der Waals surface area contributed by atoms with E-state index in [4.69, 9.17) is 0 Å². The minimum atomic E-state index is 0.660. The van der Waals surface area contributed by atoms with E-state index >= 15 is 0 Å². The molecule has 0 fully saturated rings. The summed E-state index contributed by atoms with van der Waals surface area (Å²) in [5, 5.41) is 3.48. The Morgan fingerprint density at radius 3 is 2.65 bits per heavy atom. The van der Waals surface area contributed by atoms with Crippen molar-refractivity contribution >= 4 is 15.9 Å². The molecule has 0 amide bonds. The normalized spacial score (nSPS) is 14.6. The minimum Gasteiger partial charge on any atom is -0.316 e. The highest BCUT2D eigenvalue weighted by molar-refractivity contribution is 9.10. The molecule has 1 heterocycles. The molecule has 1 aromatic rings. The maximum atomic E-state index is 4.43. The molecule has 2 unspecified atom stereocenters. The molecule has 1 N–H and O–H groups in total. The number of hydrogen-bond acceptors (Lipinski definition) is 2. The van der Waals surface area contributed by atoms with Crippen LogP contribution in [0.2, 0.25) is 0 Å². The van der Waals surface area contributed by atoms with Crippen molar-refractivity contribution in [3.63, 3.8) is 0 Å². The van der Waals surface area contributed by atoms with E-state index in [0.29, 0.717) is 11.8 Å². The van der Waals surface area contributed by atoms with E-state index in [1.54, 1.807) is 0 Å². The average molecular weight is 299 g/mol. The fraction of sp³-hybridized carbons (Fsp3) is 0.643. The van der Waals surface area contributed by atoms with Crippen molar-refractivity contribution in [2.24, 2.45) is 11.8 Å². The molecular weight excluding hydrogens is 276 g/mol. The van der Waals surface area contributed by atoms with E-state index in [1.807, 2.05) is 6.20 Å². The third kappa shape index (κ3) is 5.64. The zero-order valence-corrected chi connectivity index (χ0v) is 12.6. The van der Waals surface area contributed by atoms with Crippen LogP contribution >= 0.6 is 15.9 Å². The van der Waals surface area contributed by atoms with Gasteiger partial charge >= 0.3 is 0 Å². The Morgan fingerprint density at radius 1 is 1.29 bits per heavy atom. The fourth-order valence-electron chi connectivity index (χ4n) is 1.77. The Morgan fingerprint density at radius 2 is 2.06 bits per heavy atom. The molecule has 1 rings (SSSR count). The Balaban J connectivity index is 2.37. The number of pyridine rings is 1. The summed E-state index contributed by atoms with van der Waals surface area (Å²) in [5.74, 6) is 1.35. The lowest BCUT2D eigenvalue weighted by molar-refractivity contribution is 0.363. The average Bonchev–Trinajstić information content (AvgIpc) is 2.32. The van der Waals surface area contributed by atoms with E-state index in [-0.39, 0.29) is 0 Å². The molecule has 0 aromatic carbocycles. The number of halogens is 1. The van der Waals surface area contributed by atoms with Crippen LogP contribution in [0.25, 0.3) is 0 Å². The van der Waals surface area contributed by atoms with Crippen LogP contribution in [0.4, 0.5) is 0 Å². The van der Waals surface area contributed by atoms with Gasteiger partial charge < -0.3 is 5.32 Å². The predicted molar refractivity (Wildman–Crippen MR) is 77.1 cm³/mol. The van der Waals surface area contributed by atoms with E-state index in [9.17, 15) is 0 Å². The van der Waals surface area contributed by atoms with Crippen molar-refractivity contribution in [3.8, 4) is 0 Å². The Labute approximate surface area is 113 Å². The smallest absolute Gasteiger partial charge is 0.0413 e. The zero-order valence-electron chi connectivity index (χ0n) is 11.0. The molecule has 0 aliphatic rings. The topological polar surface area (TPSA) is 24.9 Å². The van der Waals surface area contributed by atoms with Crippen molar-refractivity contribution < 1.29 is 0 Å². The molecule has 0 saturated carbocycles. The Hall–Kier alpha value is -0.410. The van der Waals surface area contributed by atoms with Crippen LogP contribution in [0, 0.1) is 11.8 Å². The summed E-state index contributed by atoms with van der Waals surface area (Å²) in [5.41, 5.74) is 1.18. The van der Waals surface area contributed by atoms with Crippen LogP contribution in [0.15, 0.2) is 22.8 Å². The molecule has 0 bridgehead atoms. The summed E-state index contributed by atoms with van der Waals surface area (Å²) >= 11 is 3.41. The standard InChI is InChI=1S/C14H23BrN2/c1-4-7-16-9-12(3)11(2)8-14-6-5-13(15)10-17-14/h5-6,10-12,16H,4,7-9H2,1-3H3. The second-order valence-corrected chi connectivity index (χ2v) is 5.75. The van der Waals surface area contributed by atoms with Crippen molar-refractivity contribution in [1.29, 1.82) is 0 Å². The van der Waals surface area contributed by atoms with Gasteiger partial charge in [-0.05, 0) is 65.8 Å². The highest BCUT2D eigenvalue weighted by Gasteiger charge is 2.12. The summed E-state index contributed by atoms with van der Waals surface area (Å²) in [6, 6.07) is 4.17. The van der Waals surface area contributed by atoms with Crippen molar-refractivity contribution in [2.75, 3.05) is 13.1 Å². The molecule has 2 atom stereocenters. The maximum Gasteiger partial charge on any atom is 0.0413 e. The van der Waals surface area contributed by atoms with Crippen LogP contribution in [-0.2, 0) is 6.42 Å². The minimum absolute atomic E-state index is 0.660. The maximum absolute atomic E-state index is 4.43. The van der Waals surface area contributed by atoms with Crippen LogP contribution in [-0.4, -0.2) is 18.1 Å². The number of rotatable bonds is 7. The van der Waals surface area contributed by atoms with E-state index in [1.165, 1.54) is 12.1 Å². The number of aromatic nitrogens is 1. The first-order chi connectivity index (χ1) is 8.13. The molecule has 0 aliphatic heterocycles. The SMILES string of the molecule is CCCNCC(C)C(C)Cc1ccc(Br)cn1. The zero-order chi connectivity index (χ0) is 12.7. The summed E-state index contributed by atoms with van der Waals surface area (Å²) in [4.78, 5) is 4.43. The molecule has 3 heteroatoms. The van der Waals surface area contributed by atoms with E-state index in [0.717, 1.165) is 24.0 Å². The van der Waals surface area contributed by atoms with Gasteiger partial charge in [0.1, 0.15) is 0 Å². The molecule has 96 valence electrons. The first-order valence-corrected chi connectivity index (χ1v) is 7.24. The summed E-state index contributed by atoms with van der Waals surface area (Å²) in [6.45, 7) is 9.04. The van der Waals surface area contributed by atoms with Crippen LogP contribution in [0.1, 0.15) is 32.9 Å². The first kappa shape index (κ1) is 14.7. The van der Waals surface area contributed by atoms with Gasteiger partial charge in [-0.15, -0.1) is 0 Å². The number of nitrogens with zero attached hydrogens (tertiary/aromatic N) is 1. The van der Waals surface area contributed by atoms with Gasteiger partial charge in [0.2, 0.25) is 0 Å². The summed E-state index contributed by atoms with van der Waals surface area (Å²) in [7, 11) is 0. The largest absolute Gasteiger partial charge is 0.316 e. The second kappa shape index (κ2) is 7.83. The lowest BCUT2D eigenvalue weighted by atomic mass is 9.91. The van der Waals surface area contributed by atoms with E-state index in [2.05, 4.69) is 59.1 Å². The first-order valence-electron chi connectivity index (χ1n) is 6.44. The third-order valence-electron chi connectivity index (χ3n) is 3.18. The van der Waals surface area contributed by atoms with Crippen molar-refractivity contribution in [2.45, 2.75) is 33.6 Å². The van der Waals surface area contributed by atoms with E-state index < -0.39 is 0 Å². The molecule has 0 radical (unpaired) electrons. The highest BCUT2D eigenvalue weighted by atomic mass is 79.9. The summed E-state index contributed by atoms with van der Waals surface area (Å²) in [6.07, 6.45) is 4.14. The molecule has 2 nitrogen and oxygen atoms in total. The van der Waals surface area contributed by atoms with Crippen LogP contribution in [0.5, 0.6) is 0 Å². The van der Waals surface area contributed by atoms with Gasteiger partial charge in [0.15, 0.2) is 0 Å². The highest BCUT2D eigenvalue weighted by Crippen LogP contribution is 2.16. The predicted octanol–water partition coefficient (Wildman–Crippen LogP) is 3.66. The monoisotopic (exact) mass is 298 g/mol. The van der Waals surface area contributed by atoms with Crippen molar-refractivity contribution in [1.82, 2.24) is 10.3 Å². The Bertz CT molecular complexity index is 311. The number of nitrogens with one attached hydrogen (secondary N) is 1. The Kier molecular flexibility index (Phi) is 6.75. The van der Waals surface area contributed by atoms with Gasteiger partial charge in [-0.1, -0.05) is 20.8 Å². The molecular formula is C14H23BrN2. The molecule has 1 aromatic heterocycles. The second-order valence-electron chi connectivity index (χ2n) is 4.83. The lowest BCUT2D eigenvalue weighted by Gasteiger charge is -2.20. The van der Waals surface area contributed by atoms with Gasteiger partial charge in [-0.25, -0.2) is 0 Å². The summed E-state index contributed by atoms with van der Waals surface area (Å²) < 4.78 is 1.05. The van der Waals surface area contributed by atoms with Gasteiger partial charge in [0.05, 0.1) is 0 Å². The van der Waals surface area contributed by atoms with Gasteiger partial charge in [0.25, 0.3) is 0 Å². The van der Waals surface area contributed by atoms with Crippen molar-refractivity contribution in [3.05, 3.63) is 28.5 Å². The van der Waals surface area contributed by atoms with Crippen LogP contribution < -0.4 is 5.32 Å². The number of hydrogen-bond donors (Lipinski definition) is 1. The quantitative estimate of drug-likeness (QED) is 0.777. The third-order valence-corrected chi connectivity index (χ3v) is 3.65. The molecule has 0 aliphatic carbocycles. The fourth-order valence-corrected chi connectivity index (χ4v) is 2.00. The van der Waals surface area contributed by atoms with Gasteiger partial charge in [-0.2, -0.15) is 0 Å². The van der Waals surface area contributed by atoms with Gasteiger partial charge in [-0.3, -0.25) is 4.98 Å². The molecule has 17 heavy (non-hydrogen) atoms.